The molecule has 0 saturated heterocycles. The van der Waals surface area contributed by atoms with E-state index >= 15 is 0 Å². The van der Waals surface area contributed by atoms with Crippen molar-refractivity contribution in [3.05, 3.63) is 35.9 Å². The van der Waals surface area contributed by atoms with Gasteiger partial charge in [0.25, 0.3) is 0 Å². The minimum Gasteiger partial charge on any atom is -0.479 e. The first-order valence-electron chi connectivity index (χ1n) is 7.07. The van der Waals surface area contributed by atoms with Gasteiger partial charge in [0, 0.05) is 0 Å². The van der Waals surface area contributed by atoms with E-state index in [9.17, 15) is 23.1 Å². The zero-order valence-electron chi connectivity index (χ0n) is 12.7. The van der Waals surface area contributed by atoms with Crippen LogP contribution in [-0.4, -0.2) is 36.9 Å². The maximum atomic E-state index is 12.0. The lowest BCUT2D eigenvalue weighted by Gasteiger charge is -2.30. The fraction of sp³-hybridized carbons (Fsp3) is 0.467. The van der Waals surface area contributed by atoms with Crippen LogP contribution < -0.4 is 5.32 Å². The van der Waals surface area contributed by atoms with E-state index in [-0.39, 0.29) is 12.2 Å². The standard InChI is InChI=1S/C15H21NO5S/c1-3-10-22(20,21)11-13(17)16-15(4-2,14(18)19)12-8-6-5-7-9-12/h5-9H,3-4,10-11H2,1-2H3,(H,16,17)(H,18,19). The topological polar surface area (TPSA) is 101 Å². The van der Waals surface area contributed by atoms with Gasteiger partial charge in [-0.1, -0.05) is 44.2 Å². The number of amides is 1. The predicted octanol–water partition coefficient (Wildman–Crippen LogP) is 1.32. The Bertz CT molecular complexity index is 627. The van der Waals surface area contributed by atoms with Gasteiger partial charge in [0.05, 0.1) is 5.75 Å². The Morgan fingerprint density at radius 2 is 1.77 bits per heavy atom. The van der Waals surface area contributed by atoms with Gasteiger partial charge in [-0.2, -0.15) is 0 Å². The van der Waals surface area contributed by atoms with Crippen LogP contribution in [0.3, 0.4) is 0 Å². The third-order valence-corrected chi connectivity index (χ3v) is 5.11. The maximum Gasteiger partial charge on any atom is 0.334 e. The van der Waals surface area contributed by atoms with E-state index in [1.165, 1.54) is 0 Å². The highest BCUT2D eigenvalue weighted by molar-refractivity contribution is 7.92. The van der Waals surface area contributed by atoms with Crippen LogP contribution in [0.4, 0.5) is 0 Å². The summed E-state index contributed by atoms with van der Waals surface area (Å²) in [5.74, 6) is -2.83. The van der Waals surface area contributed by atoms with E-state index in [1.54, 1.807) is 44.2 Å². The zero-order valence-corrected chi connectivity index (χ0v) is 13.5. The SMILES string of the molecule is CCCS(=O)(=O)CC(=O)NC(CC)(C(=O)O)c1ccccc1. The van der Waals surface area contributed by atoms with Crippen LogP contribution >= 0.6 is 0 Å². The van der Waals surface area contributed by atoms with Crippen molar-refractivity contribution in [2.75, 3.05) is 11.5 Å². The van der Waals surface area contributed by atoms with Crippen LogP contribution in [0.2, 0.25) is 0 Å². The molecule has 0 radical (unpaired) electrons. The van der Waals surface area contributed by atoms with Gasteiger partial charge < -0.3 is 10.4 Å². The lowest BCUT2D eigenvalue weighted by Crippen LogP contribution is -2.53. The van der Waals surface area contributed by atoms with Crippen LogP contribution in [0.25, 0.3) is 0 Å². The summed E-state index contributed by atoms with van der Waals surface area (Å²) in [5.41, 5.74) is -1.22. The molecule has 1 unspecified atom stereocenters. The maximum absolute atomic E-state index is 12.0. The fourth-order valence-corrected chi connectivity index (χ4v) is 3.51. The van der Waals surface area contributed by atoms with E-state index in [0.717, 1.165) is 0 Å². The molecule has 1 aromatic carbocycles. The molecule has 0 aliphatic heterocycles. The predicted molar refractivity (Wildman–Crippen MR) is 83.1 cm³/mol. The highest BCUT2D eigenvalue weighted by atomic mass is 32.2. The van der Waals surface area contributed by atoms with E-state index in [4.69, 9.17) is 0 Å². The second-order valence-electron chi connectivity index (χ2n) is 5.07. The highest BCUT2D eigenvalue weighted by Crippen LogP contribution is 2.25. The third-order valence-electron chi connectivity index (χ3n) is 3.38. The van der Waals surface area contributed by atoms with Crippen LogP contribution in [-0.2, 0) is 25.0 Å². The van der Waals surface area contributed by atoms with Crippen molar-refractivity contribution in [3.63, 3.8) is 0 Å². The highest BCUT2D eigenvalue weighted by Gasteiger charge is 2.40. The minimum absolute atomic E-state index is 0.0993. The Kier molecular flexibility index (Phi) is 6.11. The van der Waals surface area contributed by atoms with Gasteiger partial charge in [0.2, 0.25) is 5.91 Å². The monoisotopic (exact) mass is 327 g/mol. The molecule has 0 aromatic heterocycles. The van der Waals surface area contributed by atoms with Gasteiger partial charge in [-0.05, 0) is 18.4 Å². The Morgan fingerprint density at radius 3 is 2.23 bits per heavy atom. The molecule has 0 saturated carbocycles. The summed E-state index contributed by atoms with van der Waals surface area (Å²) in [6.45, 7) is 3.33. The molecular formula is C15H21NO5S. The fourth-order valence-electron chi connectivity index (χ4n) is 2.27. The number of hydrogen-bond acceptors (Lipinski definition) is 4. The summed E-state index contributed by atoms with van der Waals surface area (Å²) in [6.07, 6.45) is 0.512. The van der Waals surface area contributed by atoms with Gasteiger partial charge in [0.15, 0.2) is 15.4 Å². The van der Waals surface area contributed by atoms with Crippen LogP contribution in [0.1, 0.15) is 32.3 Å². The molecule has 0 spiro atoms. The van der Waals surface area contributed by atoms with Gasteiger partial charge in [-0.3, -0.25) is 4.79 Å². The second-order valence-corrected chi connectivity index (χ2v) is 7.25. The summed E-state index contributed by atoms with van der Waals surface area (Å²) in [7, 11) is -3.52. The molecule has 0 bridgehead atoms. The Morgan fingerprint density at radius 1 is 1.18 bits per heavy atom. The average molecular weight is 327 g/mol. The van der Waals surface area contributed by atoms with Gasteiger partial charge >= 0.3 is 5.97 Å². The molecule has 6 nitrogen and oxygen atoms in total. The molecule has 7 heteroatoms. The molecule has 2 N–H and O–H groups in total. The number of sulfone groups is 1. The van der Waals surface area contributed by atoms with Crippen LogP contribution in [0, 0.1) is 0 Å². The van der Waals surface area contributed by atoms with Gasteiger partial charge in [-0.25, -0.2) is 13.2 Å². The molecule has 22 heavy (non-hydrogen) atoms. The van der Waals surface area contributed by atoms with Crippen molar-refractivity contribution in [1.29, 1.82) is 0 Å². The summed E-state index contributed by atoms with van der Waals surface area (Å²) < 4.78 is 23.4. The number of carbonyl (C=O) groups is 2. The Labute approximate surface area is 130 Å². The minimum atomic E-state index is -3.52. The molecule has 0 aliphatic carbocycles. The van der Waals surface area contributed by atoms with Gasteiger partial charge in [0.1, 0.15) is 5.75 Å². The molecule has 1 aromatic rings. The molecule has 1 rings (SSSR count). The van der Waals surface area contributed by atoms with Crippen molar-refractivity contribution < 1.29 is 23.1 Å². The van der Waals surface area contributed by atoms with E-state index in [1.807, 2.05) is 0 Å². The van der Waals surface area contributed by atoms with Crippen molar-refractivity contribution >= 4 is 21.7 Å². The van der Waals surface area contributed by atoms with E-state index < -0.39 is 33.0 Å². The quantitative estimate of drug-likeness (QED) is 0.750. The number of carboxylic acids is 1. The number of aliphatic carboxylic acids is 1. The molecule has 0 aliphatic rings. The summed E-state index contributed by atoms with van der Waals surface area (Å²) >= 11 is 0. The zero-order chi connectivity index (χ0) is 16.8. The Balaban J connectivity index is 3.06. The molecule has 1 atom stereocenters. The molecule has 0 fully saturated rings. The number of carbonyl (C=O) groups excluding carboxylic acids is 1. The van der Waals surface area contributed by atoms with E-state index in [0.29, 0.717) is 12.0 Å². The van der Waals surface area contributed by atoms with Crippen molar-refractivity contribution in [3.8, 4) is 0 Å². The summed E-state index contributed by atoms with van der Waals surface area (Å²) in [6, 6.07) is 8.27. The molecular weight excluding hydrogens is 306 g/mol. The second kappa shape index (κ2) is 7.40. The van der Waals surface area contributed by atoms with Crippen LogP contribution in [0.5, 0.6) is 0 Å². The van der Waals surface area contributed by atoms with Crippen molar-refractivity contribution in [2.24, 2.45) is 0 Å². The molecule has 0 heterocycles. The largest absolute Gasteiger partial charge is 0.479 e. The smallest absolute Gasteiger partial charge is 0.334 e. The van der Waals surface area contributed by atoms with E-state index in [2.05, 4.69) is 5.32 Å². The van der Waals surface area contributed by atoms with Crippen molar-refractivity contribution in [2.45, 2.75) is 32.2 Å². The normalized spacial score (nSPS) is 14.1. The first kappa shape index (κ1) is 18.2. The number of rotatable bonds is 8. The Hall–Kier alpha value is -1.89. The first-order valence-corrected chi connectivity index (χ1v) is 8.90. The number of nitrogens with one attached hydrogen (secondary N) is 1. The number of carboxylic acid groups (broad SMARTS) is 1. The molecule has 1 amide bonds. The number of hydrogen-bond donors (Lipinski definition) is 2. The lowest BCUT2D eigenvalue weighted by molar-refractivity contribution is -0.148. The van der Waals surface area contributed by atoms with Crippen molar-refractivity contribution in [1.82, 2.24) is 5.32 Å². The third kappa shape index (κ3) is 4.30. The summed E-state index contributed by atoms with van der Waals surface area (Å²) in [4.78, 5) is 23.7. The number of benzene rings is 1. The van der Waals surface area contributed by atoms with Crippen LogP contribution in [0.15, 0.2) is 30.3 Å². The lowest BCUT2D eigenvalue weighted by atomic mass is 9.87. The molecule has 122 valence electrons. The average Bonchev–Trinajstić information content (AvgIpc) is 2.44. The van der Waals surface area contributed by atoms with Gasteiger partial charge in [-0.15, -0.1) is 0 Å². The summed E-state index contributed by atoms with van der Waals surface area (Å²) in [5, 5.41) is 12.0. The first-order chi connectivity index (χ1) is 10.3.